The van der Waals surface area contributed by atoms with E-state index in [1.165, 1.54) is 24.8 Å². The minimum atomic E-state index is 0. The van der Waals surface area contributed by atoms with Crippen LogP contribution in [0.15, 0.2) is 35.3 Å². The molecule has 134 valence electrons. The van der Waals surface area contributed by atoms with Crippen molar-refractivity contribution in [2.45, 2.75) is 25.2 Å². The number of aliphatic imine (C=N–C) groups is 1. The van der Waals surface area contributed by atoms with Crippen LogP contribution in [0.4, 0.5) is 0 Å². The number of nitrogens with zero attached hydrogens (tertiary/aromatic N) is 2. The molecule has 1 N–H and O–H groups in total. The van der Waals surface area contributed by atoms with Gasteiger partial charge in [-0.1, -0.05) is 30.3 Å². The summed E-state index contributed by atoms with van der Waals surface area (Å²) in [6.07, 6.45) is 3.98. The molecule has 1 aromatic carbocycles. The quantitative estimate of drug-likeness (QED) is 0.290. The molecule has 2 unspecified atom stereocenters. The lowest BCUT2D eigenvalue weighted by Gasteiger charge is -2.22. The predicted molar refractivity (Wildman–Crippen MR) is 110 cm³/mol. The van der Waals surface area contributed by atoms with Crippen molar-refractivity contribution in [2.24, 2.45) is 16.8 Å². The molecule has 5 heteroatoms. The lowest BCUT2D eigenvalue weighted by Crippen LogP contribution is -2.41. The first-order chi connectivity index (χ1) is 11.3. The Balaban J connectivity index is 0.00000208. The molecule has 2 saturated carbocycles. The van der Waals surface area contributed by atoms with E-state index in [9.17, 15) is 0 Å². The molecule has 1 aromatic rings. The maximum absolute atomic E-state index is 5.71. The number of hydrogen-bond acceptors (Lipinski definition) is 2. The number of halogens is 1. The Morgan fingerprint density at radius 1 is 1.29 bits per heavy atom. The molecular weight excluding hydrogens is 413 g/mol. The van der Waals surface area contributed by atoms with Gasteiger partial charge in [-0.05, 0) is 42.6 Å². The second kappa shape index (κ2) is 9.61. The number of rotatable bonds is 8. The molecule has 0 spiro atoms. The van der Waals surface area contributed by atoms with Crippen LogP contribution < -0.4 is 5.32 Å². The second-order valence-corrected chi connectivity index (χ2v) is 6.88. The van der Waals surface area contributed by atoms with Crippen LogP contribution >= 0.6 is 24.0 Å². The third-order valence-electron chi connectivity index (χ3n) is 4.87. The maximum atomic E-state index is 5.71. The Morgan fingerprint density at radius 2 is 2.04 bits per heavy atom. The zero-order valence-corrected chi connectivity index (χ0v) is 17.1. The topological polar surface area (TPSA) is 36.9 Å². The van der Waals surface area contributed by atoms with Crippen LogP contribution in [0.5, 0.6) is 0 Å². The van der Waals surface area contributed by atoms with E-state index < -0.39 is 0 Å². The molecule has 2 aliphatic rings. The first kappa shape index (κ1) is 19.5. The summed E-state index contributed by atoms with van der Waals surface area (Å²) in [6.45, 7) is 3.60. The summed E-state index contributed by atoms with van der Waals surface area (Å²) in [4.78, 5) is 6.55. The number of likely N-dealkylation sites (N-methyl/N-ethyl adjacent to an activating group) is 1. The standard InChI is InChI=1S/C19H29N3O.HI/c1-20-19(22(2)10-11-23-14-15-8-9-15)21-13-17-12-18(17)16-6-4-3-5-7-16;/h3-7,15,17-18H,8-14H2,1-2H3,(H,20,21);1H. The van der Waals surface area contributed by atoms with Crippen LogP contribution in [0.3, 0.4) is 0 Å². The van der Waals surface area contributed by atoms with Gasteiger partial charge in [0.1, 0.15) is 0 Å². The Morgan fingerprint density at radius 3 is 2.71 bits per heavy atom. The summed E-state index contributed by atoms with van der Waals surface area (Å²) in [5.41, 5.74) is 1.47. The molecule has 2 aliphatic carbocycles. The van der Waals surface area contributed by atoms with Gasteiger partial charge in [0.15, 0.2) is 5.96 Å². The predicted octanol–water partition coefficient (Wildman–Crippen LogP) is 3.34. The lowest BCUT2D eigenvalue weighted by molar-refractivity contribution is 0.115. The number of nitrogens with one attached hydrogen (secondary N) is 1. The van der Waals surface area contributed by atoms with Crippen molar-refractivity contribution < 1.29 is 4.74 Å². The van der Waals surface area contributed by atoms with Crippen LogP contribution in [0.2, 0.25) is 0 Å². The minimum Gasteiger partial charge on any atom is -0.379 e. The first-order valence-electron chi connectivity index (χ1n) is 8.82. The molecular formula is C19H30IN3O. The van der Waals surface area contributed by atoms with Crippen molar-refractivity contribution in [3.63, 3.8) is 0 Å². The van der Waals surface area contributed by atoms with Gasteiger partial charge in [0.2, 0.25) is 0 Å². The Hall–Kier alpha value is -0.820. The Kier molecular flexibility index (Phi) is 7.81. The first-order valence-corrected chi connectivity index (χ1v) is 8.82. The van der Waals surface area contributed by atoms with E-state index in [1.807, 2.05) is 7.05 Å². The summed E-state index contributed by atoms with van der Waals surface area (Å²) in [5, 5.41) is 3.51. The van der Waals surface area contributed by atoms with Gasteiger partial charge < -0.3 is 15.0 Å². The number of ether oxygens (including phenoxy) is 1. The molecule has 2 atom stereocenters. The van der Waals surface area contributed by atoms with E-state index >= 15 is 0 Å². The summed E-state index contributed by atoms with van der Waals surface area (Å²) in [7, 11) is 3.93. The summed E-state index contributed by atoms with van der Waals surface area (Å²) in [5.74, 6) is 3.25. The van der Waals surface area contributed by atoms with Crippen molar-refractivity contribution in [2.75, 3.05) is 40.4 Å². The Bertz CT molecular complexity index is 519. The fraction of sp³-hybridized carbons (Fsp3) is 0.632. The third kappa shape index (κ3) is 5.92. The molecule has 0 bridgehead atoms. The van der Waals surface area contributed by atoms with Crippen LogP contribution in [0.25, 0.3) is 0 Å². The molecule has 24 heavy (non-hydrogen) atoms. The minimum absolute atomic E-state index is 0. The van der Waals surface area contributed by atoms with E-state index in [0.29, 0.717) is 5.92 Å². The SMILES string of the molecule is CN=C(NCC1CC1c1ccccc1)N(C)CCOCC1CC1.I. The average Bonchev–Trinajstić information content (AvgIpc) is 3.48. The van der Waals surface area contributed by atoms with Crippen LogP contribution in [-0.4, -0.2) is 51.3 Å². The highest BCUT2D eigenvalue weighted by Gasteiger charge is 2.37. The van der Waals surface area contributed by atoms with Crippen LogP contribution in [0.1, 0.15) is 30.7 Å². The molecule has 0 radical (unpaired) electrons. The van der Waals surface area contributed by atoms with Gasteiger partial charge in [0, 0.05) is 33.8 Å². The largest absolute Gasteiger partial charge is 0.379 e. The molecule has 0 amide bonds. The van der Waals surface area contributed by atoms with Gasteiger partial charge in [0.05, 0.1) is 6.61 Å². The van der Waals surface area contributed by atoms with Crippen LogP contribution in [-0.2, 0) is 4.74 Å². The number of hydrogen-bond donors (Lipinski definition) is 1. The summed E-state index contributed by atoms with van der Waals surface area (Å²) in [6, 6.07) is 10.8. The van der Waals surface area contributed by atoms with Gasteiger partial charge in [-0.3, -0.25) is 4.99 Å². The van der Waals surface area contributed by atoms with E-state index in [4.69, 9.17) is 4.74 Å². The molecule has 0 aromatic heterocycles. The monoisotopic (exact) mass is 443 g/mol. The highest BCUT2D eigenvalue weighted by atomic mass is 127. The van der Waals surface area contributed by atoms with E-state index in [1.54, 1.807) is 0 Å². The molecule has 0 saturated heterocycles. The Labute approximate surface area is 163 Å². The average molecular weight is 443 g/mol. The van der Waals surface area contributed by atoms with Gasteiger partial charge >= 0.3 is 0 Å². The zero-order chi connectivity index (χ0) is 16.1. The van der Waals surface area contributed by atoms with Gasteiger partial charge in [-0.25, -0.2) is 0 Å². The highest BCUT2D eigenvalue weighted by Crippen LogP contribution is 2.46. The fourth-order valence-electron chi connectivity index (χ4n) is 3.03. The summed E-state index contributed by atoms with van der Waals surface area (Å²) >= 11 is 0. The molecule has 0 heterocycles. The van der Waals surface area contributed by atoms with Crippen molar-refractivity contribution in [1.82, 2.24) is 10.2 Å². The lowest BCUT2D eigenvalue weighted by atomic mass is 10.1. The normalized spacial score (nSPS) is 22.7. The van der Waals surface area contributed by atoms with Crippen molar-refractivity contribution in [3.8, 4) is 0 Å². The van der Waals surface area contributed by atoms with Crippen LogP contribution in [0, 0.1) is 11.8 Å². The maximum Gasteiger partial charge on any atom is 0.193 e. The third-order valence-corrected chi connectivity index (χ3v) is 4.87. The molecule has 2 fully saturated rings. The van der Waals surface area contributed by atoms with Crippen molar-refractivity contribution >= 4 is 29.9 Å². The smallest absolute Gasteiger partial charge is 0.193 e. The van der Waals surface area contributed by atoms with Gasteiger partial charge in [-0.2, -0.15) is 0 Å². The summed E-state index contributed by atoms with van der Waals surface area (Å²) < 4.78 is 5.71. The van der Waals surface area contributed by atoms with Gasteiger partial charge in [-0.15, -0.1) is 24.0 Å². The number of guanidine groups is 1. The number of benzene rings is 1. The molecule has 3 rings (SSSR count). The molecule has 4 nitrogen and oxygen atoms in total. The zero-order valence-electron chi connectivity index (χ0n) is 14.8. The second-order valence-electron chi connectivity index (χ2n) is 6.88. The fourth-order valence-corrected chi connectivity index (χ4v) is 3.03. The van der Waals surface area contributed by atoms with Crippen molar-refractivity contribution in [3.05, 3.63) is 35.9 Å². The van der Waals surface area contributed by atoms with Crippen molar-refractivity contribution in [1.29, 1.82) is 0 Å². The van der Waals surface area contributed by atoms with E-state index in [-0.39, 0.29) is 24.0 Å². The molecule has 0 aliphatic heterocycles. The van der Waals surface area contributed by atoms with E-state index in [2.05, 4.69) is 52.6 Å². The van der Waals surface area contributed by atoms with E-state index in [0.717, 1.165) is 44.1 Å². The highest BCUT2D eigenvalue weighted by molar-refractivity contribution is 14.0. The van der Waals surface area contributed by atoms with Gasteiger partial charge in [0.25, 0.3) is 0 Å².